The largest absolute Gasteiger partial charge is 0.345 e. The second-order valence-electron chi connectivity index (χ2n) is 5.88. The van der Waals surface area contributed by atoms with Crippen LogP contribution in [0.15, 0.2) is 4.52 Å². The van der Waals surface area contributed by atoms with E-state index < -0.39 is 6.04 Å². The van der Waals surface area contributed by atoms with Gasteiger partial charge in [0.15, 0.2) is 5.82 Å². The topological polar surface area (TPSA) is 88.3 Å². The molecule has 2 aliphatic rings. The number of carbonyl (C=O) groups excluding carboxylic acids is 2. The Kier molecular flexibility index (Phi) is 3.65. The van der Waals surface area contributed by atoms with Gasteiger partial charge < -0.3 is 14.7 Å². The molecule has 21 heavy (non-hydrogen) atoms. The average Bonchev–Trinajstić information content (AvgIpc) is 2.99. The molecule has 2 fully saturated rings. The number of hydrogen-bond acceptors (Lipinski definition) is 5. The van der Waals surface area contributed by atoms with Gasteiger partial charge in [-0.15, -0.1) is 0 Å². The van der Waals surface area contributed by atoms with Crippen molar-refractivity contribution in [3.63, 3.8) is 0 Å². The van der Waals surface area contributed by atoms with E-state index in [0.717, 1.165) is 25.7 Å². The van der Waals surface area contributed by atoms with E-state index >= 15 is 0 Å². The van der Waals surface area contributed by atoms with Crippen molar-refractivity contribution in [1.82, 2.24) is 20.4 Å². The van der Waals surface area contributed by atoms with E-state index in [1.807, 2.05) is 0 Å². The van der Waals surface area contributed by atoms with Crippen LogP contribution in [0.2, 0.25) is 0 Å². The first-order valence-corrected chi connectivity index (χ1v) is 7.47. The third kappa shape index (κ3) is 2.91. The molecule has 7 nitrogen and oxygen atoms in total. The number of nitrogens with zero attached hydrogens (tertiary/aromatic N) is 3. The Morgan fingerprint density at radius 1 is 1.38 bits per heavy atom. The van der Waals surface area contributed by atoms with E-state index in [1.165, 1.54) is 6.92 Å². The highest BCUT2D eigenvalue weighted by Crippen LogP contribution is 2.40. The molecule has 0 unspecified atom stereocenters. The van der Waals surface area contributed by atoms with Crippen LogP contribution in [-0.4, -0.2) is 39.4 Å². The van der Waals surface area contributed by atoms with Gasteiger partial charge in [0.25, 0.3) is 0 Å². The van der Waals surface area contributed by atoms with Crippen molar-refractivity contribution >= 4 is 11.8 Å². The first kappa shape index (κ1) is 14.0. The van der Waals surface area contributed by atoms with Gasteiger partial charge in [-0.05, 0) is 32.6 Å². The van der Waals surface area contributed by atoms with E-state index in [9.17, 15) is 9.59 Å². The Hall–Kier alpha value is -1.92. The highest BCUT2D eigenvalue weighted by atomic mass is 16.5. The van der Waals surface area contributed by atoms with Crippen molar-refractivity contribution in [2.24, 2.45) is 0 Å². The van der Waals surface area contributed by atoms with Crippen molar-refractivity contribution in [3.05, 3.63) is 11.7 Å². The highest BCUT2D eigenvalue weighted by Gasteiger charge is 2.37. The summed E-state index contributed by atoms with van der Waals surface area (Å²) >= 11 is 0. The Morgan fingerprint density at radius 3 is 2.81 bits per heavy atom. The van der Waals surface area contributed by atoms with Gasteiger partial charge in [-0.2, -0.15) is 4.98 Å². The van der Waals surface area contributed by atoms with Crippen molar-refractivity contribution in [2.75, 3.05) is 6.54 Å². The Bertz CT molecular complexity index is 552. The summed E-state index contributed by atoms with van der Waals surface area (Å²) in [6, 6.07) is -0.664. The lowest BCUT2D eigenvalue weighted by molar-refractivity contribution is -0.136. The molecule has 2 heterocycles. The summed E-state index contributed by atoms with van der Waals surface area (Å²) < 4.78 is 5.29. The van der Waals surface area contributed by atoms with Crippen molar-refractivity contribution in [1.29, 1.82) is 0 Å². The number of aromatic nitrogens is 2. The number of likely N-dealkylation sites (tertiary alicyclic amines) is 1. The maximum atomic E-state index is 12.4. The van der Waals surface area contributed by atoms with Gasteiger partial charge in [0.05, 0.1) is 6.04 Å². The minimum Gasteiger partial charge on any atom is -0.345 e. The molecule has 0 radical (unpaired) electrons. The smallest absolute Gasteiger partial charge is 0.245 e. The fourth-order valence-corrected chi connectivity index (χ4v) is 2.79. The van der Waals surface area contributed by atoms with Gasteiger partial charge in [-0.1, -0.05) is 5.16 Å². The number of carbonyl (C=O) groups is 2. The maximum absolute atomic E-state index is 12.4. The molecule has 1 aromatic rings. The second kappa shape index (κ2) is 5.46. The molecule has 0 bridgehead atoms. The maximum Gasteiger partial charge on any atom is 0.245 e. The van der Waals surface area contributed by atoms with Crippen molar-refractivity contribution in [3.8, 4) is 0 Å². The van der Waals surface area contributed by atoms with Crippen LogP contribution in [0.4, 0.5) is 0 Å². The van der Waals surface area contributed by atoms with Crippen LogP contribution in [0.5, 0.6) is 0 Å². The van der Waals surface area contributed by atoms with Crippen molar-refractivity contribution in [2.45, 2.75) is 57.5 Å². The number of rotatable bonds is 4. The summed E-state index contributed by atoms with van der Waals surface area (Å²) in [5, 5.41) is 6.68. The fourth-order valence-electron chi connectivity index (χ4n) is 2.79. The number of nitrogens with one attached hydrogen (secondary N) is 1. The lowest BCUT2D eigenvalue weighted by atomic mass is 10.2. The zero-order valence-corrected chi connectivity index (χ0v) is 12.3. The summed E-state index contributed by atoms with van der Waals surface area (Å²) in [5.74, 6) is 1.40. The molecule has 1 aromatic heterocycles. The molecule has 1 saturated carbocycles. The van der Waals surface area contributed by atoms with Crippen LogP contribution >= 0.6 is 0 Å². The van der Waals surface area contributed by atoms with Gasteiger partial charge >= 0.3 is 0 Å². The minimum atomic E-state index is -0.530. The summed E-state index contributed by atoms with van der Waals surface area (Å²) in [7, 11) is 0. The molecule has 0 aromatic carbocycles. The molecular weight excluding hydrogens is 272 g/mol. The predicted molar refractivity (Wildman–Crippen MR) is 73.2 cm³/mol. The lowest BCUT2D eigenvalue weighted by Gasteiger charge is -2.25. The fraction of sp³-hybridized carbons (Fsp3) is 0.714. The van der Waals surface area contributed by atoms with Crippen LogP contribution < -0.4 is 5.32 Å². The molecular formula is C14H20N4O3. The van der Waals surface area contributed by atoms with Crippen LogP contribution in [0.25, 0.3) is 0 Å². The van der Waals surface area contributed by atoms with Crippen LogP contribution in [0, 0.1) is 0 Å². The SMILES string of the molecule is CC(=O)N[C@@H](C)C(=O)N1CCC[C@@H]1c1noc(C2CC2)n1. The number of hydrogen-bond donors (Lipinski definition) is 1. The van der Waals surface area contributed by atoms with Crippen LogP contribution in [0.1, 0.15) is 63.2 Å². The van der Waals surface area contributed by atoms with Gasteiger partial charge in [0.2, 0.25) is 17.7 Å². The van der Waals surface area contributed by atoms with E-state index in [2.05, 4.69) is 15.5 Å². The molecule has 1 N–H and O–H groups in total. The summed E-state index contributed by atoms with van der Waals surface area (Å²) in [6.07, 6.45) is 3.96. The zero-order chi connectivity index (χ0) is 15.0. The Morgan fingerprint density at radius 2 is 2.14 bits per heavy atom. The predicted octanol–water partition coefficient (Wildman–Crippen LogP) is 1.14. The molecule has 7 heteroatoms. The normalized spacial score (nSPS) is 23.1. The Labute approximate surface area is 123 Å². The molecule has 1 aliphatic heterocycles. The summed E-state index contributed by atoms with van der Waals surface area (Å²) in [6.45, 7) is 3.78. The summed E-state index contributed by atoms with van der Waals surface area (Å²) in [4.78, 5) is 29.7. The quantitative estimate of drug-likeness (QED) is 0.899. The van der Waals surface area contributed by atoms with Crippen LogP contribution in [0.3, 0.4) is 0 Å². The second-order valence-corrected chi connectivity index (χ2v) is 5.88. The van der Waals surface area contributed by atoms with Gasteiger partial charge in [-0.3, -0.25) is 9.59 Å². The third-order valence-corrected chi connectivity index (χ3v) is 4.01. The molecule has 1 aliphatic carbocycles. The van der Waals surface area contributed by atoms with Gasteiger partial charge in [0.1, 0.15) is 6.04 Å². The molecule has 114 valence electrons. The first-order chi connectivity index (χ1) is 10.1. The van der Waals surface area contributed by atoms with E-state index in [4.69, 9.17) is 4.52 Å². The zero-order valence-electron chi connectivity index (χ0n) is 12.3. The molecule has 2 atom stereocenters. The van der Waals surface area contributed by atoms with Crippen molar-refractivity contribution < 1.29 is 14.1 Å². The van der Waals surface area contributed by atoms with Gasteiger partial charge in [0, 0.05) is 19.4 Å². The monoisotopic (exact) mass is 292 g/mol. The molecule has 1 saturated heterocycles. The van der Waals surface area contributed by atoms with Crippen LogP contribution in [-0.2, 0) is 9.59 Å². The molecule has 2 amide bonds. The lowest BCUT2D eigenvalue weighted by Crippen LogP contribution is -2.46. The van der Waals surface area contributed by atoms with E-state index in [0.29, 0.717) is 24.2 Å². The van der Waals surface area contributed by atoms with E-state index in [-0.39, 0.29) is 17.9 Å². The highest BCUT2D eigenvalue weighted by molar-refractivity contribution is 5.86. The number of amides is 2. The molecule has 3 rings (SSSR count). The van der Waals surface area contributed by atoms with Gasteiger partial charge in [-0.25, -0.2) is 0 Å². The third-order valence-electron chi connectivity index (χ3n) is 4.01. The first-order valence-electron chi connectivity index (χ1n) is 7.47. The average molecular weight is 292 g/mol. The molecule has 0 spiro atoms. The summed E-state index contributed by atoms with van der Waals surface area (Å²) in [5.41, 5.74) is 0. The van der Waals surface area contributed by atoms with E-state index in [1.54, 1.807) is 11.8 Å². The minimum absolute atomic E-state index is 0.0922. The Balaban J connectivity index is 1.71. The standard InChI is InChI=1S/C14H20N4O3/c1-8(15-9(2)19)14(20)18-7-3-4-11(18)12-16-13(21-17-12)10-5-6-10/h8,10-11H,3-7H2,1-2H3,(H,15,19)/t8-,11+/m0/s1.